The van der Waals surface area contributed by atoms with Crippen LogP contribution in [0.25, 0.3) is 10.6 Å². The number of carbonyl (C=O) groups excluding carboxylic acids is 1. The maximum absolute atomic E-state index is 12.7. The number of benzene rings is 1. The van der Waals surface area contributed by atoms with E-state index in [1.54, 1.807) is 6.92 Å². The number of carbonyl (C=O) groups is 1. The first-order chi connectivity index (χ1) is 12.8. The second kappa shape index (κ2) is 8.37. The molecule has 1 saturated heterocycles. The van der Waals surface area contributed by atoms with Crippen molar-refractivity contribution >= 4 is 17.2 Å². The molecule has 2 heterocycles. The second-order valence-corrected chi connectivity index (χ2v) is 7.22. The van der Waals surface area contributed by atoms with E-state index in [4.69, 9.17) is 4.74 Å². The van der Waals surface area contributed by atoms with Crippen molar-refractivity contribution in [3.05, 3.63) is 40.4 Å². The number of thiazole rings is 1. The van der Waals surface area contributed by atoms with Crippen molar-refractivity contribution in [2.45, 2.75) is 13.1 Å². The monoisotopic (exact) mass is 399 g/mol. The normalized spacial score (nSPS) is 15.7. The Kier molecular flexibility index (Phi) is 6.13. The first-order valence-corrected chi connectivity index (χ1v) is 9.39. The number of aromatic nitrogens is 1. The molecule has 2 aromatic rings. The fraction of sp³-hybridized carbons (Fsp3) is 0.444. The van der Waals surface area contributed by atoms with E-state index >= 15 is 0 Å². The highest BCUT2D eigenvalue weighted by Crippen LogP contribution is 2.32. The molecule has 1 aromatic heterocycles. The van der Waals surface area contributed by atoms with Crippen LogP contribution in [0.4, 0.5) is 13.2 Å². The average Bonchev–Trinajstić information content (AvgIpc) is 3.04. The quantitative estimate of drug-likeness (QED) is 0.839. The van der Waals surface area contributed by atoms with Crippen molar-refractivity contribution in [3.8, 4) is 10.6 Å². The van der Waals surface area contributed by atoms with Crippen molar-refractivity contribution in [3.63, 3.8) is 0 Å². The van der Waals surface area contributed by atoms with Crippen molar-refractivity contribution in [1.82, 2.24) is 15.2 Å². The molecule has 3 rings (SSSR count). The Bertz CT molecular complexity index is 784. The van der Waals surface area contributed by atoms with Crippen LogP contribution in [0.1, 0.15) is 20.9 Å². The van der Waals surface area contributed by atoms with Gasteiger partial charge in [-0.25, -0.2) is 4.98 Å². The first kappa shape index (κ1) is 19.8. The summed E-state index contributed by atoms with van der Waals surface area (Å²) in [5, 5.41) is 3.41. The second-order valence-electron chi connectivity index (χ2n) is 6.22. The summed E-state index contributed by atoms with van der Waals surface area (Å²) in [6.07, 6.45) is -4.37. The van der Waals surface area contributed by atoms with E-state index in [1.165, 1.54) is 23.5 Å². The van der Waals surface area contributed by atoms with Gasteiger partial charge < -0.3 is 10.1 Å². The smallest absolute Gasteiger partial charge is 0.379 e. The zero-order chi connectivity index (χ0) is 19.4. The molecule has 0 aliphatic carbocycles. The Labute approximate surface area is 159 Å². The molecule has 9 heteroatoms. The van der Waals surface area contributed by atoms with E-state index in [9.17, 15) is 18.0 Å². The highest BCUT2D eigenvalue weighted by molar-refractivity contribution is 7.17. The Morgan fingerprint density at radius 3 is 2.56 bits per heavy atom. The number of hydrogen-bond donors (Lipinski definition) is 1. The van der Waals surface area contributed by atoms with Gasteiger partial charge in [-0.3, -0.25) is 9.69 Å². The molecule has 5 nitrogen and oxygen atoms in total. The van der Waals surface area contributed by atoms with Crippen LogP contribution in [0.2, 0.25) is 0 Å². The standard InChI is InChI=1S/C18H20F3N3O2S/c1-12-15(16(25)22-6-7-24-8-10-26-11-9-24)27-17(23-12)13-2-4-14(5-3-13)18(19,20)21/h2-5H,6-11H2,1H3,(H,22,25). The van der Waals surface area contributed by atoms with Gasteiger partial charge in [0.1, 0.15) is 9.88 Å². The van der Waals surface area contributed by atoms with Crippen LogP contribution in [0, 0.1) is 6.92 Å². The molecular formula is C18H20F3N3O2S. The molecule has 0 bridgehead atoms. The van der Waals surface area contributed by atoms with E-state index in [2.05, 4.69) is 15.2 Å². The van der Waals surface area contributed by atoms with E-state index in [-0.39, 0.29) is 5.91 Å². The predicted octanol–water partition coefficient (Wildman–Crippen LogP) is 3.20. The third kappa shape index (κ3) is 5.06. The van der Waals surface area contributed by atoms with Crippen molar-refractivity contribution in [1.29, 1.82) is 0 Å². The van der Waals surface area contributed by atoms with Crippen LogP contribution < -0.4 is 5.32 Å². The number of halogens is 3. The molecular weight excluding hydrogens is 379 g/mol. The molecule has 27 heavy (non-hydrogen) atoms. The van der Waals surface area contributed by atoms with Gasteiger partial charge in [0, 0.05) is 31.7 Å². The number of morpholine rings is 1. The Balaban J connectivity index is 1.62. The highest BCUT2D eigenvalue weighted by atomic mass is 32.1. The molecule has 1 fully saturated rings. The summed E-state index contributed by atoms with van der Waals surface area (Å²) in [6.45, 7) is 6.11. The zero-order valence-corrected chi connectivity index (χ0v) is 15.6. The minimum absolute atomic E-state index is 0.212. The van der Waals surface area contributed by atoms with E-state index in [0.717, 1.165) is 31.8 Å². The van der Waals surface area contributed by atoms with Crippen molar-refractivity contribution in [2.75, 3.05) is 39.4 Å². The third-order valence-electron chi connectivity index (χ3n) is 4.28. The molecule has 1 amide bonds. The summed E-state index contributed by atoms with van der Waals surface area (Å²) in [5.74, 6) is -0.212. The number of nitrogens with one attached hydrogen (secondary N) is 1. The fourth-order valence-electron chi connectivity index (χ4n) is 2.76. The van der Waals surface area contributed by atoms with E-state index < -0.39 is 11.7 Å². The summed E-state index contributed by atoms with van der Waals surface area (Å²) in [6, 6.07) is 4.80. The third-order valence-corrected chi connectivity index (χ3v) is 5.48. The van der Waals surface area contributed by atoms with Gasteiger partial charge in [0.15, 0.2) is 0 Å². The lowest BCUT2D eigenvalue weighted by molar-refractivity contribution is -0.137. The Hall–Kier alpha value is -1.97. The summed E-state index contributed by atoms with van der Waals surface area (Å²) >= 11 is 1.18. The lowest BCUT2D eigenvalue weighted by atomic mass is 10.1. The number of aryl methyl sites for hydroxylation is 1. The van der Waals surface area contributed by atoms with Crippen LogP contribution >= 0.6 is 11.3 Å². The van der Waals surface area contributed by atoms with Crippen LogP contribution in [-0.4, -0.2) is 55.2 Å². The molecule has 0 saturated carbocycles. The van der Waals surface area contributed by atoms with Gasteiger partial charge in [0.05, 0.1) is 24.5 Å². The molecule has 0 unspecified atom stereocenters. The lowest BCUT2D eigenvalue weighted by Crippen LogP contribution is -2.41. The van der Waals surface area contributed by atoms with Gasteiger partial charge in [0.25, 0.3) is 5.91 Å². The number of amides is 1. The van der Waals surface area contributed by atoms with E-state index in [1.807, 2.05) is 0 Å². The van der Waals surface area contributed by atoms with Gasteiger partial charge in [-0.1, -0.05) is 12.1 Å². The van der Waals surface area contributed by atoms with Gasteiger partial charge in [-0.05, 0) is 19.1 Å². The van der Waals surface area contributed by atoms with E-state index in [0.29, 0.717) is 40.9 Å². The van der Waals surface area contributed by atoms with Gasteiger partial charge >= 0.3 is 6.18 Å². The number of alkyl halides is 3. The Morgan fingerprint density at radius 2 is 1.93 bits per heavy atom. The largest absolute Gasteiger partial charge is 0.416 e. The van der Waals surface area contributed by atoms with Crippen LogP contribution in [0.15, 0.2) is 24.3 Å². The minimum Gasteiger partial charge on any atom is -0.379 e. The first-order valence-electron chi connectivity index (χ1n) is 8.58. The van der Waals surface area contributed by atoms with Gasteiger partial charge in [-0.15, -0.1) is 11.3 Å². The summed E-state index contributed by atoms with van der Waals surface area (Å²) in [4.78, 5) is 19.4. The van der Waals surface area contributed by atoms with Crippen LogP contribution in [0.3, 0.4) is 0 Å². The molecule has 1 aliphatic heterocycles. The fourth-order valence-corrected chi connectivity index (χ4v) is 3.75. The Morgan fingerprint density at radius 1 is 1.26 bits per heavy atom. The number of hydrogen-bond acceptors (Lipinski definition) is 5. The maximum atomic E-state index is 12.7. The average molecular weight is 399 g/mol. The van der Waals surface area contributed by atoms with Gasteiger partial charge in [-0.2, -0.15) is 13.2 Å². The predicted molar refractivity (Wildman–Crippen MR) is 96.9 cm³/mol. The molecule has 1 aliphatic rings. The van der Waals surface area contributed by atoms with Crippen LogP contribution in [0.5, 0.6) is 0 Å². The van der Waals surface area contributed by atoms with Crippen molar-refractivity contribution in [2.24, 2.45) is 0 Å². The molecule has 0 spiro atoms. The summed E-state index contributed by atoms with van der Waals surface area (Å²) in [7, 11) is 0. The summed E-state index contributed by atoms with van der Waals surface area (Å²) < 4.78 is 43.3. The highest BCUT2D eigenvalue weighted by Gasteiger charge is 2.30. The lowest BCUT2D eigenvalue weighted by Gasteiger charge is -2.26. The SMILES string of the molecule is Cc1nc(-c2ccc(C(F)(F)F)cc2)sc1C(=O)NCCN1CCOCC1. The molecule has 0 radical (unpaired) electrons. The minimum atomic E-state index is -4.37. The van der Waals surface area contributed by atoms with Gasteiger partial charge in [0.2, 0.25) is 0 Å². The molecule has 1 N–H and O–H groups in total. The number of ether oxygens (including phenoxy) is 1. The number of nitrogens with zero attached hydrogens (tertiary/aromatic N) is 2. The molecule has 1 aromatic carbocycles. The summed E-state index contributed by atoms with van der Waals surface area (Å²) in [5.41, 5.74) is 0.419. The van der Waals surface area contributed by atoms with Crippen LogP contribution in [-0.2, 0) is 10.9 Å². The van der Waals surface area contributed by atoms with Crippen molar-refractivity contribution < 1.29 is 22.7 Å². The maximum Gasteiger partial charge on any atom is 0.416 e. The zero-order valence-electron chi connectivity index (χ0n) is 14.8. The topological polar surface area (TPSA) is 54.5 Å². The number of rotatable bonds is 5. The molecule has 0 atom stereocenters. The molecule has 146 valence electrons.